The zero-order chi connectivity index (χ0) is 28.3. The number of fused-ring (bicyclic) bond motifs is 1. The van der Waals surface area contributed by atoms with Gasteiger partial charge in [0.05, 0.1) is 32.2 Å². The fourth-order valence-electron chi connectivity index (χ4n) is 5.26. The second-order valence-corrected chi connectivity index (χ2v) is 11.4. The van der Waals surface area contributed by atoms with Gasteiger partial charge in [-0.25, -0.2) is 0 Å². The van der Waals surface area contributed by atoms with Gasteiger partial charge in [0.15, 0.2) is 0 Å². The highest BCUT2D eigenvalue weighted by molar-refractivity contribution is 6.00. The van der Waals surface area contributed by atoms with Gasteiger partial charge in [0.2, 0.25) is 5.91 Å². The fourth-order valence-corrected chi connectivity index (χ4v) is 5.26. The summed E-state index contributed by atoms with van der Waals surface area (Å²) in [6.07, 6.45) is -1.10. The van der Waals surface area contributed by atoms with Crippen LogP contribution in [-0.4, -0.2) is 67.7 Å². The topological polar surface area (TPSA) is 106 Å². The number of hydrogen-bond donors (Lipinski definition) is 1. The largest absolute Gasteiger partial charge is 0.497 e. The number of carboxylic acid groups (broad SMARTS) is 1. The summed E-state index contributed by atoms with van der Waals surface area (Å²) in [7, 11) is 3.17. The van der Waals surface area contributed by atoms with Crippen molar-refractivity contribution < 1.29 is 33.7 Å². The lowest BCUT2D eigenvalue weighted by Crippen LogP contribution is -2.47. The molecule has 0 bridgehead atoms. The van der Waals surface area contributed by atoms with Gasteiger partial charge in [0.25, 0.3) is 5.91 Å². The van der Waals surface area contributed by atoms with Crippen LogP contribution < -0.4 is 14.4 Å². The monoisotopic (exact) mass is 538 g/mol. The maximum atomic E-state index is 14.1. The SMILES string of the molecule is COc1ccc2c(c1)[C@H](c1ccccc1OC)O[C@@H](CC(=O)N1CCC(C(=O)O)CC1)C(=O)N2CC(C)(C)C. The van der Waals surface area contributed by atoms with E-state index in [0.29, 0.717) is 49.7 Å². The number of carboxylic acids is 1. The molecule has 1 saturated heterocycles. The number of benzene rings is 2. The first-order chi connectivity index (χ1) is 18.5. The van der Waals surface area contributed by atoms with Crippen LogP contribution in [0.4, 0.5) is 5.69 Å². The summed E-state index contributed by atoms with van der Waals surface area (Å²) in [6, 6.07) is 13.0. The first-order valence-corrected chi connectivity index (χ1v) is 13.3. The van der Waals surface area contributed by atoms with Crippen molar-refractivity contribution in [2.24, 2.45) is 11.3 Å². The van der Waals surface area contributed by atoms with Crippen LogP contribution in [0.25, 0.3) is 0 Å². The number of anilines is 1. The predicted octanol–water partition coefficient (Wildman–Crippen LogP) is 4.28. The molecular formula is C30H38N2O7. The van der Waals surface area contributed by atoms with Crippen molar-refractivity contribution in [3.63, 3.8) is 0 Å². The zero-order valence-corrected chi connectivity index (χ0v) is 23.3. The third-order valence-corrected chi connectivity index (χ3v) is 7.26. The number of carbonyl (C=O) groups is 3. The van der Waals surface area contributed by atoms with Gasteiger partial charge in [-0.05, 0) is 42.5 Å². The lowest BCUT2D eigenvalue weighted by Gasteiger charge is -2.33. The summed E-state index contributed by atoms with van der Waals surface area (Å²) >= 11 is 0. The molecule has 2 atom stereocenters. The Morgan fingerprint density at radius 1 is 1.03 bits per heavy atom. The molecule has 2 aromatic rings. The lowest BCUT2D eigenvalue weighted by molar-refractivity contribution is -0.148. The highest BCUT2D eigenvalue weighted by atomic mass is 16.5. The van der Waals surface area contributed by atoms with E-state index in [1.807, 2.05) is 42.5 Å². The van der Waals surface area contributed by atoms with Gasteiger partial charge < -0.3 is 29.1 Å². The summed E-state index contributed by atoms with van der Waals surface area (Å²) in [5.41, 5.74) is 1.95. The second kappa shape index (κ2) is 11.7. The molecule has 4 rings (SSSR count). The minimum absolute atomic E-state index is 0.145. The van der Waals surface area contributed by atoms with Gasteiger partial charge >= 0.3 is 5.97 Å². The van der Waals surface area contributed by atoms with Gasteiger partial charge in [-0.3, -0.25) is 14.4 Å². The predicted molar refractivity (Wildman–Crippen MR) is 146 cm³/mol. The third kappa shape index (κ3) is 6.36. The molecule has 2 amide bonds. The van der Waals surface area contributed by atoms with Gasteiger partial charge in [0, 0.05) is 30.8 Å². The first kappa shape index (κ1) is 28.4. The van der Waals surface area contributed by atoms with E-state index >= 15 is 0 Å². The fraction of sp³-hybridized carbons (Fsp3) is 0.500. The van der Waals surface area contributed by atoms with E-state index in [0.717, 1.165) is 11.1 Å². The minimum Gasteiger partial charge on any atom is -0.497 e. The van der Waals surface area contributed by atoms with Crippen molar-refractivity contribution in [2.75, 3.05) is 38.8 Å². The van der Waals surface area contributed by atoms with Crippen LogP contribution in [0.15, 0.2) is 42.5 Å². The Hall–Kier alpha value is -3.59. The maximum Gasteiger partial charge on any atom is 0.306 e. The molecule has 9 heteroatoms. The van der Waals surface area contributed by atoms with Crippen molar-refractivity contribution in [1.29, 1.82) is 0 Å². The molecule has 0 aromatic heterocycles. The molecule has 2 heterocycles. The molecule has 1 fully saturated rings. The molecule has 0 unspecified atom stereocenters. The molecule has 2 aromatic carbocycles. The van der Waals surface area contributed by atoms with Gasteiger partial charge in [0.1, 0.15) is 23.7 Å². The number of ether oxygens (including phenoxy) is 3. The first-order valence-electron chi connectivity index (χ1n) is 13.3. The number of carbonyl (C=O) groups excluding carboxylic acids is 2. The number of amides is 2. The number of methoxy groups -OCH3 is 2. The van der Waals surface area contributed by atoms with Crippen LogP contribution in [-0.2, 0) is 19.1 Å². The summed E-state index contributed by atoms with van der Waals surface area (Å²) in [5, 5.41) is 9.32. The van der Waals surface area contributed by atoms with Crippen molar-refractivity contribution in [2.45, 2.75) is 52.2 Å². The molecule has 0 radical (unpaired) electrons. The molecule has 0 saturated carbocycles. The summed E-state index contributed by atoms with van der Waals surface area (Å²) in [5.74, 6) is -0.579. The Balaban J connectivity index is 1.75. The number of likely N-dealkylation sites (tertiary alicyclic amines) is 1. The van der Waals surface area contributed by atoms with Crippen molar-refractivity contribution >= 4 is 23.5 Å². The van der Waals surface area contributed by atoms with Crippen molar-refractivity contribution in [3.05, 3.63) is 53.6 Å². The molecular weight excluding hydrogens is 500 g/mol. The van der Waals surface area contributed by atoms with E-state index in [-0.39, 0.29) is 23.7 Å². The second-order valence-electron chi connectivity index (χ2n) is 11.4. The number of hydrogen-bond acceptors (Lipinski definition) is 6. The van der Waals surface area contributed by atoms with E-state index in [1.54, 1.807) is 24.0 Å². The highest BCUT2D eigenvalue weighted by Gasteiger charge is 2.41. The molecule has 210 valence electrons. The zero-order valence-electron chi connectivity index (χ0n) is 23.3. The molecule has 1 N–H and O–H groups in total. The summed E-state index contributed by atoms with van der Waals surface area (Å²) in [4.78, 5) is 42.3. The van der Waals surface area contributed by atoms with E-state index in [2.05, 4.69) is 20.8 Å². The molecule has 2 aliphatic rings. The van der Waals surface area contributed by atoms with E-state index in [9.17, 15) is 19.5 Å². The van der Waals surface area contributed by atoms with Gasteiger partial charge in [-0.15, -0.1) is 0 Å². The minimum atomic E-state index is -1.05. The third-order valence-electron chi connectivity index (χ3n) is 7.26. The maximum absolute atomic E-state index is 14.1. The smallest absolute Gasteiger partial charge is 0.306 e. The Morgan fingerprint density at radius 2 is 1.72 bits per heavy atom. The number of piperidine rings is 1. The average molecular weight is 539 g/mol. The Bertz CT molecular complexity index is 1210. The van der Waals surface area contributed by atoms with E-state index in [1.165, 1.54) is 0 Å². The van der Waals surface area contributed by atoms with Crippen molar-refractivity contribution in [1.82, 2.24) is 4.90 Å². The van der Waals surface area contributed by atoms with Crippen molar-refractivity contribution in [3.8, 4) is 11.5 Å². The molecule has 0 spiro atoms. The summed E-state index contributed by atoms with van der Waals surface area (Å²) in [6.45, 7) is 7.27. The van der Waals surface area contributed by atoms with E-state index in [4.69, 9.17) is 14.2 Å². The Kier molecular flexibility index (Phi) is 8.49. The molecule has 2 aliphatic heterocycles. The van der Waals surface area contributed by atoms with E-state index < -0.39 is 24.1 Å². The highest BCUT2D eigenvalue weighted by Crippen LogP contribution is 2.43. The van der Waals surface area contributed by atoms with Crippen LogP contribution in [0.3, 0.4) is 0 Å². The van der Waals surface area contributed by atoms with Crippen LogP contribution >= 0.6 is 0 Å². The summed E-state index contributed by atoms with van der Waals surface area (Å²) < 4.78 is 17.8. The van der Waals surface area contributed by atoms with Crippen LogP contribution in [0.2, 0.25) is 0 Å². The standard InChI is InChI=1S/C30H38N2O7/c1-30(2,3)18-32-23-11-10-20(37-4)16-22(23)27(21-8-6-7-9-24(21)38-5)39-25(28(32)34)17-26(33)31-14-12-19(13-15-31)29(35)36/h6-11,16,19,25,27H,12-15,17-18H2,1-5H3,(H,35,36)/t25-,27-/m0/s1. The number of rotatable bonds is 7. The van der Waals surface area contributed by atoms with Crippen LogP contribution in [0, 0.1) is 11.3 Å². The number of nitrogens with zero attached hydrogens (tertiary/aromatic N) is 2. The normalized spacial score (nSPS) is 20.3. The molecule has 39 heavy (non-hydrogen) atoms. The van der Waals surface area contributed by atoms with Gasteiger partial charge in [-0.1, -0.05) is 39.0 Å². The number of para-hydroxylation sites is 1. The average Bonchev–Trinajstić information content (AvgIpc) is 3.02. The molecule has 0 aliphatic carbocycles. The van der Waals surface area contributed by atoms with Crippen LogP contribution in [0.1, 0.15) is 57.3 Å². The molecule has 9 nitrogen and oxygen atoms in total. The van der Waals surface area contributed by atoms with Gasteiger partial charge in [-0.2, -0.15) is 0 Å². The van der Waals surface area contributed by atoms with Crippen LogP contribution in [0.5, 0.6) is 11.5 Å². The lowest BCUT2D eigenvalue weighted by atomic mass is 9.94. The Labute approximate surface area is 229 Å². The Morgan fingerprint density at radius 3 is 2.33 bits per heavy atom. The number of aliphatic carboxylic acids is 1. The quantitative estimate of drug-likeness (QED) is 0.561.